The van der Waals surface area contributed by atoms with Crippen molar-refractivity contribution in [3.05, 3.63) is 36.2 Å². The maximum atomic E-state index is 12.2. The molecule has 2 aromatic heterocycles. The van der Waals surface area contributed by atoms with Gasteiger partial charge in [-0.25, -0.2) is 4.98 Å². The number of hydrogen-bond acceptors (Lipinski definition) is 6. The van der Waals surface area contributed by atoms with Crippen LogP contribution < -0.4 is 15.0 Å². The fourth-order valence-corrected chi connectivity index (χ4v) is 2.89. The lowest BCUT2D eigenvalue weighted by molar-refractivity contribution is -0.121. The Balaban J connectivity index is 1.47. The van der Waals surface area contributed by atoms with Gasteiger partial charge in [0.2, 0.25) is 5.91 Å². The van der Waals surface area contributed by atoms with E-state index in [0.717, 1.165) is 31.7 Å². The van der Waals surface area contributed by atoms with E-state index in [4.69, 9.17) is 9.26 Å². The number of amides is 1. The van der Waals surface area contributed by atoms with Crippen molar-refractivity contribution < 1.29 is 14.1 Å². The number of ether oxygens (including phenoxy) is 1. The molecule has 1 aliphatic heterocycles. The zero-order chi connectivity index (χ0) is 16.8. The number of carbonyl (C=O) groups excluding carboxylic acids is 1. The molecule has 7 nitrogen and oxygen atoms in total. The van der Waals surface area contributed by atoms with E-state index >= 15 is 0 Å². The molecule has 1 amide bonds. The van der Waals surface area contributed by atoms with E-state index in [2.05, 4.69) is 20.4 Å². The number of aromatic nitrogens is 2. The van der Waals surface area contributed by atoms with Crippen molar-refractivity contribution in [1.29, 1.82) is 0 Å². The van der Waals surface area contributed by atoms with Gasteiger partial charge in [0.05, 0.1) is 7.11 Å². The summed E-state index contributed by atoms with van der Waals surface area (Å²) in [6.45, 7) is 1.76. The van der Waals surface area contributed by atoms with Crippen LogP contribution in [0.25, 0.3) is 0 Å². The van der Waals surface area contributed by atoms with Gasteiger partial charge in [0.1, 0.15) is 11.6 Å². The molecule has 2 aromatic rings. The Labute approximate surface area is 141 Å². The first-order valence-corrected chi connectivity index (χ1v) is 8.19. The molecular weight excluding hydrogens is 308 g/mol. The smallest absolute Gasteiger partial charge is 0.254 e. The first kappa shape index (κ1) is 16.3. The van der Waals surface area contributed by atoms with Crippen LogP contribution in [0.15, 0.2) is 35.0 Å². The third-order valence-electron chi connectivity index (χ3n) is 4.10. The number of nitrogens with one attached hydrogen (secondary N) is 1. The molecule has 0 aromatic carbocycles. The van der Waals surface area contributed by atoms with Gasteiger partial charge in [0.15, 0.2) is 0 Å². The topological polar surface area (TPSA) is 80.5 Å². The van der Waals surface area contributed by atoms with Crippen LogP contribution in [0.2, 0.25) is 0 Å². The Bertz CT molecular complexity index is 659. The minimum atomic E-state index is 0.0261. The standard InChI is InChI=1S/C17H22N4O3/c1-23-17-11-14(24-20-17)7-8-16(22)19-13-5-4-10-21(12-13)15-6-2-3-9-18-15/h2-3,6,9,11,13H,4-5,7-8,10,12H2,1H3,(H,19,22)/t13-/m0/s1. The monoisotopic (exact) mass is 330 g/mol. The van der Waals surface area contributed by atoms with Gasteiger partial charge in [-0.2, -0.15) is 0 Å². The maximum Gasteiger partial charge on any atom is 0.254 e. The zero-order valence-corrected chi connectivity index (χ0v) is 13.8. The van der Waals surface area contributed by atoms with E-state index in [9.17, 15) is 4.79 Å². The molecule has 1 fully saturated rings. The number of methoxy groups -OCH3 is 1. The summed E-state index contributed by atoms with van der Waals surface area (Å²) in [7, 11) is 1.53. The van der Waals surface area contributed by atoms with Crippen molar-refractivity contribution in [2.24, 2.45) is 0 Å². The largest absolute Gasteiger partial charge is 0.479 e. The third-order valence-corrected chi connectivity index (χ3v) is 4.10. The number of rotatable bonds is 6. The van der Waals surface area contributed by atoms with Crippen LogP contribution in [0.1, 0.15) is 25.0 Å². The summed E-state index contributed by atoms with van der Waals surface area (Å²) in [5, 5.41) is 6.84. The van der Waals surface area contributed by atoms with E-state index in [1.807, 2.05) is 18.2 Å². The molecule has 3 heterocycles. The Morgan fingerprint density at radius 2 is 2.42 bits per heavy atom. The summed E-state index contributed by atoms with van der Waals surface area (Å²) in [5.74, 6) is 2.08. The van der Waals surface area contributed by atoms with Crippen LogP contribution in [-0.4, -0.2) is 42.3 Å². The summed E-state index contributed by atoms with van der Waals surface area (Å²) in [6, 6.07) is 7.75. The summed E-state index contributed by atoms with van der Waals surface area (Å²) in [5.41, 5.74) is 0. The van der Waals surface area contributed by atoms with Gasteiger partial charge in [-0.3, -0.25) is 4.79 Å². The number of piperidine rings is 1. The quantitative estimate of drug-likeness (QED) is 0.870. The van der Waals surface area contributed by atoms with E-state index in [0.29, 0.717) is 24.5 Å². The molecule has 3 rings (SSSR count). The molecule has 0 aliphatic carbocycles. The van der Waals surface area contributed by atoms with Crippen LogP contribution in [-0.2, 0) is 11.2 Å². The lowest BCUT2D eigenvalue weighted by Crippen LogP contribution is -2.48. The van der Waals surface area contributed by atoms with Crippen molar-refractivity contribution in [1.82, 2.24) is 15.5 Å². The van der Waals surface area contributed by atoms with Crippen LogP contribution in [0, 0.1) is 0 Å². The highest BCUT2D eigenvalue weighted by atomic mass is 16.5. The Hall–Kier alpha value is -2.57. The molecule has 24 heavy (non-hydrogen) atoms. The lowest BCUT2D eigenvalue weighted by Gasteiger charge is -2.34. The molecular formula is C17H22N4O3. The highest BCUT2D eigenvalue weighted by molar-refractivity contribution is 5.76. The third kappa shape index (κ3) is 4.24. The van der Waals surface area contributed by atoms with Crippen molar-refractivity contribution in [3.63, 3.8) is 0 Å². The highest BCUT2D eigenvalue weighted by Gasteiger charge is 2.22. The van der Waals surface area contributed by atoms with Crippen molar-refractivity contribution in [3.8, 4) is 5.88 Å². The van der Waals surface area contributed by atoms with Gasteiger partial charge in [0.25, 0.3) is 5.88 Å². The molecule has 1 aliphatic rings. The molecule has 1 saturated heterocycles. The van der Waals surface area contributed by atoms with Crippen molar-refractivity contribution in [2.45, 2.75) is 31.7 Å². The molecule has 1 atom stereocenters. The molecule has 1 N–H and O–H groups in total. The highest BCUT2D eigenvalue weighted by Crippen LogP contribution is 2.17. The fourth-order valence-electron chi connectivity index (χ4n) is 2.89. The fraction of sp³-hybridized carbons (Fsp3) is 0.471. The summed E-state index contributed by atoms with van der Waals surface area (Å²) in [4.78, 5) is 18.8. The summed E-state index contributed by atoms with van der Waals surface area (Å²) in [6.07, 6.45) is 4.71. The minimum absolute atomic E-state index is 0.0261. The van der Waals surface area contributed by atoms with Crippen LogP contribution in [0.3, 0.4) is 0 Å². The maximum absolute atomic E-state index is 12.2. The normalized spacial score (nSPS) is 17.5. The van der Waals surface area contributed by atoms with Gasteiger partial charge < -0.3 is 19.5 Å². The molecule has 0 spiro atoms. The van der Waals surface area contributed by atoms with E-state index < -0.39 is 0 Å². The molecule has 128 valence electrons. The number of nitrogens with zero attached hydrogens (tertiary/aromatic N) is 3. The Kier molecular flexibility index (Phi) is 5.30. The minimum Gasteiger partial charge on any atom is -0.479 e. The SMILES string of the molecule is COc1cc(CCC(=O)N[C@H]2CCCN(c3ccccn3)C2)on1. The predicted molar refractivity (Wildman–Crippen MR) is 89.0 cm³/mol. The van der Waals surface area contributed by atoms with Crippen molar-refractivity contribution in [2.75, 3.05) is 25.1 Å². The number of anilines is 1. The number of hydrogen-bond donors (Lipinski definition) is 1. The first-order valence-electron chi connectivity index (χ1n) is 8.19. The van der Waals surface area contributed by atoms with E-state index in [1.54, 1.807) is 12.3 Å². The Morgan fingerprint density at radius 1 is 1.50 bits per heavy atom. The average Bonchev–Trinajstić information content (AvgIpc) is 3.09. The zero-order valence-electron chi connectivity index (χ0n) is 13.8. The predicted octanol–water partition coefficient (Wildman–Crippen LogP) is 1.80. The van der Waals surface area contributed by atoms with Crippen LogP contribution in [0.5, 0.6) is 5.88 Å². The van der Waals surface area contributed by atoms with Gasteiger partial charge in [-0.05, 0) is 30.1 Å². The van der Waals surface area contributed by atoms with Crippen LogP contribution in [0.4, 0.5) is 5.82 Å². The second-order valence-electron chi connectivity index (χ2n) is 5.88. The molecule has 0 radical (unpaired) electrons. The van der Waals surface area contributed by atoms with Gasteiger partial charge in [0, 0.05) is 44.2 Å². The first-order chi connectivity index (χ1) is 11.7. The van der Waals surface area contributed by atoms with E-state index in [1.165, 1.54) is 7.11 Å². The van der Waals surface area contributed by atoms with Gasteiger partial charge in [-0.1, -0.05) is 6.07 Å². The molecule has 0 unspecified atom stereocenters. The van der Waals surface area contributed by atoms with Gasteiger partial charge in [-0.15, -0.1) is 0 Å². The van der Waals surface area contributed by atoms with Crippen LogP contribution >= 0.6 is 0 Å². The second kappa shape index (κ2) is 7.81. The Morgan fingerprint density at radius 3 is 3.17 bits per heavy atom. The lowest BCUT2D eigenvalue weighted by atomic mass is 10.1. The number of aryl methyl sites for hydroxylation is 1. The summed E-state index contributed by atoms with van der Waals surface area (Å²) < 4.78 is 10.1. The van der Waals surface area contributed by atoms with Gasteiger partial charge >= 0.3 is 0 Å². The average molecular weight is 330 g/mol. The molecule has 7 heteroatoms. The molecule has 0 bridgehead atoms. The summed E-state index contributed by atoms with van der Waals surface area (Å²) >= 11 is 0. The second-order valence-corrected chi connectivity index (χ2v) is 5.88. The van der Waals surface area contributed by atoms with E-state index in [-0.39, 0.29) is 11.9 Å². The number of carbonyl (C=O) groups is 1. The molecule has 0 saturated carbocycles. The van der Waals surface area contributed by atoms with Crippen molar-refractivity contribution >= 4 is 11.7 Å². The number of pyridine rings is 1.